The van der Waals surface area contributed by atoms with Crippen LogP contribution in [0.15, 0.2) is 46.9 Å². The van der Waals surface area contributed by atoms with Crippen LogP contribution in [0.2, 0.25) is 5.02 Å². The molecule has 0 aromatic heterocycles. The Labute approximate surface area is 164 Å². The predicted molar refractivity (Wildman–Crippen MR) is 97.0 cm³/mol. The molecule has 0 aliphatic rings. The van der Waals surface area contributed by atoms with Crippen LogP contribution in [0.3, 0.4) is 0 Å². The summed E-state index contributed by atoms with van der Waals surface area (Å²) < 4.78 is 40.6. The number of carbonyl (C=O) groups is 1. The molecule has 0 radical (unpaired) electrons. The van der Waals surface area contributed by atoms with E-state index in [9.17, 15) is 28.1 Å². The largest absolute Gasteiger partial charge is 0.478 e. The number of carboxylic acid groups (broad SMARTS) is 1. The Morgan fingerprint density at radius 2 is 1.93 bits per heavy atom. The average molecular weight is 465 g/mol. The van der Waals surface area contributed by atoms with Crippen LogP contribution in [-0.4, -0.2) is 22.2 Å². The van der Waals surface area contributed by atoms with Gasteiger partial charge in [0.2, 0.25) is 0 Å². The summed E-state index contributed by atoms with van der Waals surface area (Å²) in [6.45, 7) is 0. The summed E-state index contributed by atoms with van der Waals surface area (Å²) in [6.07, 6.45) is -2.69. The third-order valence-corrected chi connectivity index (χ3v) is 4.56. The molecule has 0 aliphatic carbocycles. The van der Waals surface area contributed by atoms with Crippen LogP contribution in [0.1, 0.15) is 27.4 Å². The molecule has 0 bridgehead atoms. The molecule has 0 saturated heterocycles. The topological polar surface area (TPSA) is 80.4 Å². The molecule has 142 valence electrons. The van der Waals surface area contributed by atoms with Crippen molar-refractivity contribution >= 4 is 45.3 Å². The highest BCUT2D eigenvalue weighted by Gasteiger charge is 2.39. The van der Waals surface area contributed by atoms with Crippen molar-refractivity contribution in [2.45, 2.75) is 12.1 Å². The van der Waals surface area contributed by atoms with Gasteiger partial charge in [-0.15, -0.1) is 0 Å². The highest BCUT2D eigenvalue weighted by atomic mass is 79.9. The van der Waals surface area contributed by atoms with Gasteiger partial charge in [0.05, 0.1) is 16.4 Å². The average Bonchev–Trinajstić information content (AvgIpc) is 2.54. The van der Waals surface area contributed by atoms with Crippen molar-refractivity contribution in [3.05, 3.63) is 78.8 Å². The van der Waals surface area contributed by atoms with Crippen LogP contribution in [0.25, 0.3) is 6.08 Å². The number of nitro benzene ring substituents is 1. The minimum atomic E-state index is -4.70. The van der Waals surface area contributed by atoms with Crippen molar-refractivity contribution in [1.29, 1.82) is 0 Å². The quantitative estimate of drug-likeness (QED) is 0.430. The second-order valence-corrected chi connectivity index (χ2v) is 6.65. The molecule has 5 nitrogen and oxygen atoms in total. The zero-order chi connectivity index (χ0) is 20.4. The maximum absolute atomic E-state index is 13.5. The molecule has 0 spiro atoms. The number of allylic oxidation sites excluding steroid dienone is 1. The van der Waals surface area contributed by atoms with Crippen molar-refractivity contribution < 1.29 is 28.0 Å². The van der Waals surface area contributed by atoms with Gasteiger partial charge < -0.3 is 5.11 Å². The maximum Gasteiger partial charge on any atom is 0.399 e. The van der Waals surface area contributed by atoms with Gasteiger partial charge in [0.1, 0.15) is 5.02 Å². The van der Waals surface area contributed by atoms with Gasteiger partial charge in [-0.05, 0) is 45.3 Å². The summed E-state index contributed by atoms with van der Waals surface area (Å²) in [5, 5.41) is 19.6. The molecule has 0 saturated carbocycles. The third kappa shape index (κ3) is 5.08. The minimum Gasteiger partial charge on any atom is -0.478 e. The molecular weight excluding hydrogens is 455 g/mol. The smallest absolute Gasteiger partial charge is 0.399 e. The Kier molecular flexibility index (Phi) is 6.27. The fraction of sp³-hybridized carbons (Fsp3) is 0.118. The lowest BCUT2D eigenvalue weighted by Crippen LogP contribution is -2.19. The Hall–Kier alpha value is -2.39. The minimum absolute atomic E-state index is 0.0344. The molecule has 0 amide bonds. The molecule has 27 heavy (non-hydrogen) atoms. The van der Waals surface area contributed by atoms with E-state index in [0.717, 1.165) is 30.4 Å². The van der Waals surface area contributed by atoms with E-state index >= 15 is 0 Å². The van der Waals surface area contributed by atoms with Crippen LogP contribution in [0.5, 0.6) is 0 Å². The first kappa shape index (κ1) is 20.9. The van der Waals surface area contributed by atoms with E-state index in [-0.39, 0.29) is 20.6 Å². The van der Waals surface area contributed by atoms with Gasteiger partial charge in [0.15, 0.2) is 0 Å². The lowest BCUT2D eigenvalue weighted by atomic mass is 9.96. The van der Waals surface area contributed by atoms with Crippen LogP contribution >= 0.6 is 27.5 Å². The number of nitrogens with zero attached hydrogens (tertiary/aromatic N) is 1. The number of alkyl halides is 3. The van der Waals surface area contributed by atoms with Gasteiger partial charge in [-0.3, -0.25) is 10.1 Å². The van der Waals surface area contributed by atoms with Crippen molar-refractivity contribution in [2.75, 3.05) is 0 Å². The Balaban J connectivity index is 2.43. The molecule has 0 aliphatic heterocycles. The number of aromatic carboxylic acids is 1. The van der Waals surface area contributed by atoms with Gasteiger partial charge in [0, 0.05) is 10.5 Å². The third-order valence-electron chi connectivity index (χ3n) is 3.58. The number of hydrogen-bond donors (Lipinski definition) is 1. The SMILES string of the molecule is O=C(O)c1ccc(C=CC(c2ccc(Cl)c([N+](=O)[O-])c2)C(F)(F)F)cc1Br. The van der Waals surface area contributed by atoms with E-state index in [0.29, 0.717) is 5.56 Å². The van der Waals surface area contributed by atoms with Crippen molar-refractivity contribution in [3.63, 3.8) is 0 Å². The van der Waals surface area contributed by atoms with Crippen molar-refractivity contribution in [2.24, 2.45) is 0 Å². The normalized spacial score (nSPS) is 12.9. The van der Waals surface area contributed by atoms with Gasteiger partial charge >= 0.3 is 12.1 Å². The van der Waals surface area contributed by atoms with E-state index in [1.165, 1.54) is 18.2 Å². The lowest BCUT2D eigenvalue weighted by molar-refractivity contribution is -0.384. The zero-order valence-corrected chi connectivity index (χ0v) is 15.5. The molecule has 0 heterocycles. The van der Waals surface area contributed by atoms with E-state index < -0.39 is 28.7 Å². The number of halogens is 5. The standard InChI is InChI=1S/C17H10BrClF3NO4/c18-13-7-9(1-4-11(13)16(24)25)2-5-12(17(20,21)22)10-3-6-14(19)15(8-10)23(26)27/h1-8,12H,(H,24,25). The van der Waals surface area contributed by atoms with Crippen molar-refractivity contribution in [3.8, 4) is 0 Å². The van der Waals surface area contributed by atoms with Gasteiger partial charge in [-0.25, -0.2) is 4.79 Å². The van der Waals surface area contributed by atoms with Crippen LogP contribution in [-0.2, 0) is 0 Å². The molecular formula is C17H10BrClF3NO4. The van der Waals surface area contributed by atoms with Gasteiger partial charge in [-0.2, -0.15) is 13.2 Å². The predicted octanol–water partition coefficient (Wildman–Crippen LogP) is 6.07. The molecule has 2 aromatic carbocycles. The summed E-state index contributed by atoms with van der Waals surface area (Å²) in [6, 6.07) is 6.86. The monoisotopic (exact) mass is 463 g/mol. The van der Waals surface area contributed by atoms with E-state index in [1.807, 2.05) is 0 Å². The Bertz CT molecular complexity index is 931. The van der Waals surface area contributed by atoms with E-state index in [4.69, 9.17) is 16.7 Å². The maximum atomic E-state index is 13.5. The van der Waals surface area contributed by atoms with E-state index in [2.05, 4.69) is 15.9 Å². The van der Waals surface area contributed by atoms with Crippen molar-refractivity contribution in [1.82, 2.24) is 0 Å². The summed E-state index contributed by atoms with van der Waals surface area (Å²) in [5.41, 5.74) is -0.668. The summed E-state index contributed by atoms with van der Waals surface area (Å²) in [5.74, 6) is -3.29. The van der Waals surface area contributed by atoms with E-state index in [1.54, 1.807) is 0 Å². The molecule has 10 heteroatoms. The molecule has 2 rings (SSSR count). The molecule has 1 N–H and O–H groups in total. The molecule has 2 aromatic rings. The van der Waals surface area contributed by atoms with Gasteiger partial charge in [-0.1, -0.05) is 35.9 Å². The zero-order valence-electron chi connectivity index (χ0n) is 13.2. The summed E-state index contributed by atoms with van der Waals surface area (Å²) in [4.78, 5) is 21.0. The number of hydrogen-bond acceptors (Lipinski definition) is 3. The highest BCUT2D eigenvalue weighted by Crippen LogP contribution is 2.39. The molecule has 0 fully saturated rings. The first-order valence-electron chi connectivity index (χ1n) is 7.22. The Morgan fingerprint density at radius 1 is 1.26 bits per heavy atom. The number of carboxylic acids is 1. The second-order valence-electron chi connectivity index (χ2n) is 5.39. The fourth-order valence-corrected chi connectivity index (χ4v) is 3.04. The van der Waals surface area contributed by atoms with Crippen LogP contribution in [0.4, 0.5) is 18.9 Å². The number of nitro groups is 1. The first-order valence-corrected chi connectivity index (χ1v) is 8.39. The molecule has 1 atom stereocenters. The second kappa shape index (κ2) is 8.10. The van der Waals surface area contributed by atoms with Crippen LogP contribution in [0, 0.1) is 10.1 Å². The number of benzene rings is 2. The highest BCUT2D eigenvalue weighted by molar-refractivity contribution is 9.10. The summed E-state index contributed by atoms with van der Waals surface area (Å²) >= 11 is 8.69. The molecule has 1 unspecified atom stereocenters. The summed E-state index contributed by atoms with van der Waals surface area (Å²) in [7, 11) is 0. The first-order chi connectivity index (χ1) is 12.5. The lowest BCUT2D eigenvalue weighted by Gasteiger charge is -2.17. The van der Waals surface area contributed by atoms with Crippen LogP contribution < -0.4 is 0 Å². The number of rotatable bonds is 5. The Morgan fingerprint density at radius 3 is 2.44 bits per heavy atom. The fourth-order valence-electron chi connectivity index (χ4n) is 2.29. The van der Waals surface area contributed by atoms with Gasteiger partial charge in [0.25, 0.3) is 5.69 Å².